The number of esters is 1. The van der Waals surface area contributed by atoms with Crippen molar-refractivity contribution in [3.8, 4) is 11.5 Å². The standard InChI is InChI=1S/C19H25NO6/c1-13-5-3-4-6-15(13)20-18(22)11-26-19(23)12-25-16-8-7-14(10-21)9-17(16)24-2/h7-10,13,15H,3-6,11-12H2,1-2H3,(H,20,22)/t13-,15+/m0/s1. The van der Waals surface area contributed by atoms with Gasteiger partial charge in [0.25, 0.3) is 5.91 Å². The molecule has 142 valence electrons. The van der Waals surface area contributed by atoms with Crippen molar-refractivity contribution in [1.29, 1.82) is 0 Å². The molecule has 0 aromatic heterocycles. The maximum Gasteiger partial charge on any atom is 0.344 e. The fraction of sp³-hybridized carbons (Fsp3) is 0.526. The number of hydrogen-bond acceptors (Lipinski definition) is 6. The zero-order valence-corrected chi connectivity index (χ0v) is 15.2. The van der Waals surface area contributed by atoms with E-state index >= 15 is 0 Å². The molecule has 26 heavy (non-hydrogen) atoms. The molecule has 7 heteroatoms. The number of rotatable bonds is 8. The van der Waals surface area contributed by atoms with E-state index in [2.05, 4.69) is 12.2 Å². The molecular weight excluding hydrogens is 338 g/mol. The number of carbonyl (C=O) groups is 3. The number of hydrogen-bond donors (Lipinski definition) is 1. The van der Waals surface area contributed by atoms with Gasteiger partial charge >= 0.3 is 5.97 Å². The number of ether oxygens (including phenoxy) is 3. The Hall–Kier alpha value is -2.57. The first-order valence-corrected chi connectivity index (χ1v) is 8.74. The quantitative estimate of drug-likeness (QED) is 0.562. The fourth-order valence-electron chi connectivity index (χ4n) is 2.98. The van der Waals surface area contributed by atoms with E-state index in [4.69, 9.17) is 14.2 Å². The Kier molecular flexibility index (Phi) is 7.44. The van der Waals surface area contributed by atoms with Crippen molar-refractivity contribution in [2.75, 3.05) is 20.3 Å². The molecule has 1 aromatic carbocycles. The first-order valence-electron chi connectivity index (χ1n) is 8.74. The molecule has 0 radical (unpaired) electrons. The van der Waals surface area contributed by atoms with Gasteiger partial charge in [-0.1, -0.05) is 19.8 Å². The lowest BCUT2D eigenvalue weighted by Gasteiger charge is -2.29. The van der Waals surface area contributed by atoms with Gasteiger partial charge in [0.05, 0.1) is 7.11 Å². The lowest BCUT2D eigenvalue weighted by Crippen LogP contribution is -2.43. The highest BCUT2D eigenvalue weighted by Gasteiger charge is 2.23. The summed E-state index contributed by atoms with van der Waals surface area (Å²) in [5, 5.41) is 2.92. The van der Waals surface area contributed by atoms with E-state index in [1.165, 1.54) is 25.7 Å². The molecule has 1 amide bonds. The molecule has 0 spiro atoms. The predicted octanol–water partition coefficient (Wildman–Crippen LogP) is 2.12. The molecule has 1 N–H and O–H groups in total. The van der Waals surface area contributed by atoms with E-state index in [-0.39, 0.29) is 25.2 Å². The van der Waals surface area contributed by atoms with Gasteiger partial charge in [-0.3, -0.25) is 9.59 Å². The van der Waals surface area contributed by atoms with Gasteiger partial charge in [-0.25, -0.2) is 4.79 Å². The van der Waals surface area contributed by atoms with Crippen LogP contribution in [0.25, 0.3) is 0 Å². The van der Waals surface area contributed by atoms with Crippen LogP contribution in [-0.2, 0) is 14.3 Å². The zero-order valence-electron chi connectivity index (χ0n) is 15.2. The molecule has 0 heterocycles. The zero-order chi connectivity index (χ0) is 18.9. The highest BCUT2D eigenvalue weighted by molar-refractivity contribution is 5.81. The smallest absolute Gasteiger partial charge is 0.344 e. The predicted molar refractivity (Wildman–Crippen MR) is 94.4 cm³/mol. The van der Waals surface area contributed by atoms with Crippen LogP contribution >= 0.6 is 0 Å². The average molecular weight is 363 g/mol. The second-order valence-corrected chi connectivity index (χ2v) is 6.41. The molecular formula is C19H25NO6. The lowest BCUT2D eigenvalue weighted by atomic mass is 9.86. The minimum Gasteiger partial charge on any atom is -0.493 e. The Bertz CT molecular complexity index is 645. The molecule has 7 nitrogen and oxygen atoms in total. The fourth-order valence-corrected chi connectivity index (χ4v) is 2.98. The Labute approximate surface area is 153 Å². The van der Waals surface area contributed by atoms with E-state index in [9.17, 15) is 14.4 Å². The van der Waals surface area contributed by atoms with Crippen LogP contribution in [0.15, 0.2) is 18.2 Å². The summed E-state index contributed by atoms with van der Waals surface area (Å²) in [6.07, 6.45) is 5.04. The topological polar surface area (TPSA) is 90.9 Å². The monoisotopic (exact) mass is 363 g/mol. The van der Waals surface area contributed by atoms with E-state index in [1.54, 1.807) is 6.07 Å². The van der Waals surface area contributed by atoms with Crippen molar-refractivity contribution < 1.29 is 28.6 Å². The normalized spacial score (nSPS) is 19.3. The van der Waals surface area contributed by atoms with Gasteiger partial charge in [-0.15, -0.1) is 0 Å². The van der Waals surface area contributed by atoms with Crippen LogP contribution in [-0.4, -0.2) is 44.5 Å². The van der Waals surface area contributed by atoms with E-state index in [0.29, 0.717) is 29.3 Å². The van der Waals surface area contributed by atoms with Crippen LogP contribution in [0, 0.1) is 5.92 Å². The Morgan fingerprint density at radius 1 is 1.19 bits per heavy atom. The first-order chi connectivity index (χ1) is 12.5. The maximum absolute atomic E-state index is 11.9. The van der Waals surface area contributed by atoms with Crippen LogP contribution in [0.5, 0.6) is 11.5 Å². The summed E-state index contributed by atoms with van der Waals surface area (Å²) in [7, 11) is 1.44. The second kappa shape index (κ2) is 9.79. The molecule has 1 saturated carbocycles. The van der Waals surface area contributed by atoms with Crippen LogP contribution in [0.3, 0.4) is 0 Å². The Balaban J connectivity index is 1.75. The molecule has 2 atom stereocenters. The molecule has 1 fully saturated rings. The number of methoxy groups -OCH3 is 1. The van der Waals surface area contributed by atoms with Crippen molar-refractivity contribution >= 4 is 18.2 Å². The average Bonchev–Trinajstić information content (AvgIpc) is 2.66. The third-order valence-corrected chi connectivity index (χ3v) is 4.49. The molecule has 0 unspecified atom stereocenters. The summed E-state index contributed by atoms with van der Waals surface area (Å²) in [5.41, 5.74) is 0.436. The van der Waals surface area contributed by atoms with Crippen LogP contribution in [0.4, 0.5) is 0 Å². The lowest BCUT2D eigenvalue weighted by molar-refractivity contribution is -0.150. The highest BCUT2D eigenvalue weighted by atomic mass is 16.6. The van der Waals surface area contributed by atoms with Crippen molar-refractivity contribution in [2.45, 2.75) is 38.6 Å². The van der Waals surface area contributed by atoms with Crippen LogP contribution < -0.4 is 14.8 Å². The molecule has 0 saturated heterocycles. The number of nitrogens with one attached hydrogen (secondary N) is 1. The number of carbonyl (C=O) groups excluding carboxylic acids is 3. The van der Waals surface area contributed by atoms with Gasteiger partial charge in [0.15, 0.2) is 24.7 Å². The number of benzene rings is 1. The summed E-state index contributed by atoms with van der Waals surface area (Å²) in [6.45, 7) is 1.43. The van der Waals surface area contributed by atoms with Gasteiger partial charge in [-0.05, 0) is 37.0 Å². The van der Waals surface area contributed by atoms with Gasteiger partial charge in [0.2, 0.25) is 0 Å². The van der Waals surface area contributed by atoms with Gasteiger partial charge in [-0.2, -0.15) is 0 Å². The van der Waals surface area contributed by atoms with Crippen molar-refractivity contribution in [1.82, 2.24) is 5.32 Å². The van der Waals surface area contributed by atoms with E-state index in [1.807, 2.05) is 0 Å². The molecule has 1 aliphatic rings. The number of amides is 1. The largest absolute Gasteiger partial charge is 0.493 e. The van der Waals surface area contributed by atoms with E-state index in [0.717, 1.165) is 19.3 Å². The number of aldehydes is 1. The van der Waals surface area contributed by atoms with Gasteiger partial charge < -0.3 is 19.5 Å². The molecule has 0 aliphatic heterocycles. The summed E-state index contributed by atoms with van der Waals surface area (Å²) in [5.74, 6) is 0.138. The Morgan fingerprint density at radius 2 is 1.96 bits per heavy atom. The molecule has 0 bridgehead atoms. The first kappa shape index (κ1) is 19.8. The highest BCUT2D eigenvalue weighted by Crippen LogP contribution is 2.27. The summed E-state index contributed by atoms with van der Waals surface area (Å²) >= 11 is 0. The second-order valence-electron chi connectivity index (χ2n) is 6.41. The van der Waals surface area contributed by atoms with Gasteiger partial charge in [0, 0.05) is 11.6 Å². The van der Waals surface area contributed by atoms with Crippen molar-refractivity contribution in [3.63, 3.8) is 0 Å². The van der Waals surface area contributed by atoms with E-state index < -0.39 is 5.97 Å². The third-order valence-electron chi connectivity index (χ3n) is 4.49. The molecule has 1 aromatic rings. The van der Waals surface area contributed by atoms with Crippen molar-refractivity contribution in [2.24, 2.45) is 5.92 Å². The third kappa shape index (κ3) is 5.75. The van der Waals surface area contributed by atoms with Gasteiger partial charge in [0.1, 0.15) is 6.29 Å². The summed E-state index contributed by atoms with van der Waals surface area (Å²) in [6, 6.07) is 4.74. The maximum atomic E-state index is 11.9. The van der Waals surface area contributed by atoms with Crippen molar-refractivity contribution in [3.05, 3.63) is 23.8 Å². The minimum atomic E-state index is -0.654. The minimum absolute atomic E-state index is 0.145. The van der Waals surface area contributed by atoms with Crippen LogP contribution in [0.2, 0.25) is 0 Å². The summed E-state index contributed by atoms with van der Waals surface area (Å²) < 4.78 is 15.4. The molecule has 2 rings (SSSR count). The molecule has 1 aliphatic carbocycles. The Morgan fingerprint density at radius 3 is 2.65 bits per heavy atom. The SMILES string of the molecule is COc1cc(C=O)ccc1OCC(=O)OCC(=O)N[C@@H]1CCCC[C@@H]1C. The summed E-state index contributed by atoms with van der Waals surface area (Å²) in [4.78, 5) is 34.5. The van der Waals surface area contributed by atoms with Crippen LogP contribution in [0.1, 0.15) is 43.0 Å².